The van der Waals surface area contributed by atoms with Crippen LogP contribution in [0, 0.1) is 10.8 Å². The summed E-state index contributed by atoms with van der Waals surface area (Å²) in [6.45, 7) is 18.8. The number of esters is 2. The molecule has 0 fully saturated rings. The first-order valence-corrected chi connectivity index (χ1v) is 23.7. The number of hydrogen-bond acceptors (Lipinski definition) is 6. The van der Waals surface area contributed by atoms with Crippen LogP contribution in [0.3, 0.4) is 0 Å². The van der Waals surface area contributed by atoms with Gasteiger partial charge in [0.25, 0.3) is 0 Å². The molecular weight excluding hydrogens is 671 g/mol. The number of nitrogens with zero attached hydrogens (tertiary/aromatic N) is 1. The summed E-state index contributed by atoms with van der Waals surface area (Å²) in [5.41, 5.74) is -0.465. The van der Waals surface area contributed by atoms with Gasteiger partial charge in [-0.1, -0.05) is 169 Å². The summed E-state index contributed by atoms with van der Waals surface area (Å²) in [6, 6.07) is 0. The van der Waals surface area contributed by atoms with E-state index in [1.165, 1.54) is 109 Å². The van der Waals surface area contributed by atoms with Gasteiger partial charge in [0.1, 0.15) is 6.10 Å². The highest BCUT2D eigenvalue weighted by atomic mass is 16.5. The van der Waals surface area contributed by atoms with Gasteiger partial charge in [-0.2, -0.15) is 0 Å². The average molecular weight is 766 g/mol. The molecule has 1 N–H and O–H groups in total. The number of unbranched alkanes of at least 4 members (excludes halogenated alkanes) is 21. The molecule has 0 aromatic carbocycles. The molecule has 0 aromatic rings. The van der Waals surface area contributed by atoms with Crippen molar-refractivity contribution in [2.75, 3.05) is 32.8 Å². The first kappa shape index (κ1) is 52.9. The molecule has 6 nitrogen and oxygen atoms in total. The summed E-state index contributed by atoms with van der Waals surface area (Å²) >= 11 is 0. The van der Waals surface area contributed by atoms with Crippen LogP contribution < -0.4 is 0 Å². The van der Waals surface area contributed by atoms with Crippen LogP contribution in [-0.4, -0.2) is 60.9 Å². The Balaban J connectivity index is 4.33. The predicted octanol–water partition coefficient (Wildman–Crippen LogP) is 13.9. The standard InChI is InChI=1S/C48H95NO5/c1-8-11-14-17-20-25-33-42-53-46(52)48(6,7)37-30-23-24-31-38-49(40-41-50)39-32-26-29-36-47(4,5)43-45(51)54-44(34-27-21-18-15-12-9-2)35-28-22-19-16-13-10-3/h44,50H,8-43H2,1-7H3. The van der Waals surface area contributed by atoms with Crippen molar-refractivity contribution < 1.29 is 24.2 Å². The Kier molecular flexibility index (Phi) is 35.5. The fourth-order valence-electron chi connectivity index (χ4n) is 7.64. The quantitative estimate of drug-likeness (QED) is 0.0493. The van der Waals surface area contributed by atoms with Crippen LogP contribution in [0.4, 0.5) is 0 Å². The van der Waals surface area contributed by atoms with Crippen LogP contribution in [0.5, 0.6) is 0 Å². The molecule has 322 valence electrons. The minimum absolute atomic E-state index is 0.00149. The SMILES string of the molecule is CCCCCCCCCOC(=O)C(C)(C)CCCCCCN(CCO)CCCCCC(C)(C)CC(=O)OC(CCCCCCCC)CCCCCCCC. The van der Waals surface area contributed by atoms with Crippen molar-refractivity contribution in [2.45, 2.75) is 254 Å². The van der Waals surface area contributed by atoms with E-state index in [0.29, 0.717) is 13.0 Å². The number of rotatable bonds is 41. The van der Waals surface area contributed by atoms with Crippen LogP contribution in [0.1, 0.15) is 248 Å². The smallest absolute Gasteiger partial charge is 0.311 e. The average Bonchev–Trinajstić information content (AvgIpc) is 3.12. The highest BCUT2D eigenvalue weighted by Crippen LogP contribution is 2.30. The maximum Gasteiger partial charge on any atom is 0.311 e. The Morgan fingerprint density at radius 3 is 1.48 bits per heavy atom. The van der Waals surface area contributed by atoms with Crippen molar-refractivity contribution in [1.29, 1.82) is 0 Å². The molecule has 0 aromatic heterocycles. The summed E-state index contributed by atoms with van der Waals surface area (Å²) in [5, 5.41) is 9.66. The lowest BCUT2D eigenvalue weighted by Gasteiger charge is -2.26. The van der Waals surface area contributed by atoms with E-state index in [-0.39, 0.29) is 30.1 Å². The van der Waals surface area contributed by atoms with Gasteiger partial charge in [0.2, 0.25) is 0 Å². The van der Waals surface area contributed by atoms with Crippen LogP contribution in [-0.2, 0) is 19.1 Å². The topological polar surface area (TPSA) is 76.1 Å². The molecule has 0 radical (unpaired) electrons. The van der Waals surface area contributed by atoms with E-state index in [2.05, 4.69) is 39.5 Å². The van der Waals surface area contributed by atoms with E-state index in [4.69, 9.17) is 9.47 Å². The second kappa shape index (κ2) is 36.2. The summed E-state index contributed by atoms with van der Waals surface area (Å²) in [6.07, 6.45) is 36.2. The Bertz CT molecular complexity index is 827. The molecule has 0 aliphatic heterocycles. The fourth-order valence-corrected chi connectivity index (χ4v) is 7.64. The van der Waals surface area contributed by atoms with Gasteiger partial charge in [-0.05, 0) is 90.1 Å². The molecule has 0 unspecified atom stereocenters. The van der Waals surface area contributed by atoms with E-state index in [1.54, 1.807) is 0 Å². The number of carbonyl (C=O) groups excluding carboxylic acids is 2. The maximum atomic E-state index is 13.1. The van der Waals surface area contributed by atoms with Gasteiger partial charge in [-0.25, -0.2) is 0 Å². The third-order valence-electron chi connectivity index (χ3n) is 11.5. The van der Waals surface area contributed by atoms with Crippen molar-refractivity contribution in [3.05, 3.63) is 0 Å². The zero-order valence-electron chi connectivity index (χ0n) is 37.6. The van der Waals surface area contributed by atoms with Gasteiger partial charge < -0.3 is 19.5 Å². The molecule has 0 aliphatic rings. The van der Waals surface area contributed by atoms with E-state index >= 15 is 0 Å². The van der Waals surface area contributed by atoms with Gasteiger partial charge in [-0.3, -0.25) is 9.59 Å². The van der Waals surface area contributed by atoms with Crippen LogP contribution in [0.2, 0.25) is 0 Å². The van der Waals surface area contributed by atoms with Gasteiger partial charge >= 0.3 is 11.9 Å². The van der Waals surface area contributed by atoms with Crippen molar-refractivity contribution in [3.8, 4) is 0 Å². The second-order valence-electron chi connectivity index (χ2n) is 18.2. The Morgan fingerprint density at radius 2 is 0.963 bits per heavy atom. The largest absolute Gasteiger partial charge is 0.465 e. The molecule has 0 saturated carbocycles. The second-order valence-corrected chi connectivity index (χ2v) is 18.2. The van der Waals surface area contributed by atoms with Gasteiger partial charge in [-0.15, -0.1) is 0 Å². The highest BCUT2D eigenvalue weighted by Gasteiger charge is 2.28. The summed E-state index contributed by atoms with van der Waals surface area (Å²) < 4.78 is 11.8. The molecule has 0 bridgehead atoms. The van der Waals surface area contributed by atoms with Crippen molar-refractivity contribution >= 4 is 11.9 Å². The Hall–Kier alpha value is -1.14. The zero-order valence-corrected chi connectivity index (χ0v) is 37.6. The number of aliphatic hydroxyl groups is 1. The Morgan fingerprint density at radius 1 is 0.537 bits per heavy atom. The number of ether oxygens (including phenoxy) is 2. The van der Waals surface area contributed by atoms with Crippen molar-refractivity contribution in [2.24, 2.45) is 10.8 Å². The zero-order chi connectivity index (χ0) is 40.2. The van der Waals surface area contributed by atoms with E-state index in [0.717, 1.165) is 103 Å². The lowest BCUT2D eigenvalue weighted by Crippen LogP contribution is -2.29. The first-order chi connectivity index (χ1) is 26.0. The summed E-state index contributed by atoms with van der Waals surface area (Å²) in [4.78, 5) is 28.2. The molecule has 0 spiro atoms. The third-order valence-corrected chi connectivity index (χ3v) is 11.5. The van der Waals surface area contributed by atoms with Crippen molar-refractivity contribution in [1.82, 2.24) is 4.90 Å². The van der Waals surface area contributed by atoms with Gasteiger partial charge in [0.05, 0.1) is 25.0 Å². The molecule has 0 aliphatic carbocycles. The van der Waals surface area contributed by atoms with E-state index < -0.39 is 5.41 Å². The fraction of sp³-hybridized carbons (Fsp3) is 0.958. The molecule has 0 saturated heterocycles. The first-order valence-electron chi connectivity index (χ1n) is 23.7. The molecule has 0 amide bonds. The van der Waals surface area contributed by atoms with Crippen LogP contribution >= 0.6 is 0 Å². The van der Waals surface area contributed by atoms with Gasteiger partial charge in [0, 0.05) is 6.54 Å². The molecule has 0 heterocycles. The van der Waals surface area contributed by atoms with Crippen LogP contribution in [0.15, 0.2) is 0 Å². The minimum Gasteiger partial charge on any atom is -0.465 e. The third kappa shape index (κ3) is 33.0. The minimum atomic E-state index is -0.415. The number of aliphatic hydroxyl groups excluding tert-OH is 1. The molecule has 6 heteroatoms. The lowest BCUT2D eigenvalue weighted by molar-refractivity contribution is -0.154. The maximum absolute atomic E-state index is 13.1. The monoisotopic (exact) mass is 766 g/mol. The summed E-state index contributed by atoms with van der Waals surface area (Å²) in [7, 11) is 0. The highest BCUT2D eigenvalue weighted by molar-refractivity contribution is 5.75. The van der Waals surface area contributed by atoms with E-state index in [1.807, 2.05) is 13.8 Å². The lowest BCUT2D eigenvalue weighted by atomic mass is 9.83. The van der Waals surface area contributed by atoms with E-state index in [9.17, 15) is 14.7 Å². The normalized spacial score (nSPS) is 12.3. The number of hydrogen-bond donors (Lipinski definition) is 1. The molecule has 0 rings (SSSR count). The van der Waals surface area contributed by atoms with Crippen molar-refractivity contribution in [3.63, 3.8) is 0 Å². The predicted molar refractivity (Wildman–Crippen MR) is 232 cm³/mol. The number of carbonyl (C=O) groups is 2. The summed E-state index contributed by atoms with van der Waals surface area (Å²) in [5.74, 6) is -0.0458. The molecular formula is C48H95NO5. The Labute approximate surface area is 337 Å². The molecule has 0 atom stereocenters. The van der Waals surface area contributed by atoms with Gasteiger partial charge in [0.15, 0.2) is 0 Å². The van der Waals surface area contributed by atoms with Crippen LogP contribution in [0.25, 0.3) is 0 Å². The molecule has 54 heavy (non-hydrogen) atoms.